The van der Waals surface area contributed by atoms with Crippen LogP contribution >= 0.6 is 0 Å². The van der Waals surface area contributed by atoms with Crippen molar-refractivity contribution in [2.75, 3.05) is 5.32 Å². The normalized spacial score (nSPS) is 9.21. The first kappa shape index (κ1) is 10.0. The van der Waals surface area contributed by atoms with Crippen LogP contribution in [-0.4, -0.2) is 22.2 Å². The number of guanidine groups is 1. The van der Waals surface area contributed by atoms with Crippen LogP contribution in [0.2, 0.25) is 0 Å². The summed E-state index contributed by atoms with van der Waals surface area (Å²) in [5, 5.41) is 26.4. The summed E-state index contributed by atoms with van der Waals surface area (Å²) in [6.07, 6.45) is 0. The number of nitrogens with one attached hydrogen (secondary N) is 3. The van der Waals surface area contributed by atoms with Crippen LogP contribution in [0.1, 0.15) is 10.4 Å². The lowest BCUT2D eigenvalue weighted by Gasteiger charge is -2.05. The minimum absolute atomic E-state index is 0.166. The van der Waals surface area contributed by atoms with E-state index in [4.69, 9.17) is 15.7 Å². The standard InChI is InChI=1S/C8H9N3O3/c9-8(11-14)10-6-3-1-5(2-4-6)7(12)13/h1-4,14H,(H,12,13)(H3,9,10,11). The van der Waals surface area contributed by atoms with Gasteiger partial charge in [-0.25, -0.2) is 10.3 Å². The molecule has 0 radical (unpaired) electrons. The number of carbonyl (C=O) groups is 1. The molecule has 0 amide bonds. The number of anilines is 1. The topological polar surface area (TPSA) is 105 Å². The summed E-state index contributed by atoms with van der Waals surface area (Å²) >= 11 is 0. The molecule has 0 bridgehead atoms. The van der Waals surface area contributed by atoms with E-state index < -0.39 is 5.97 Å². The number of hydrogen-bond acceptors (Lipinski definition) is 3. The molecule has 0 spiro atoms. The lowest BCUT2D eigenvalue weighted by atomic mass is 10.2. The molecule has 0 unspecified atom stereocenters. The zero-order chi connectivity index (χ0) is 10.6. The van der Waals surface area contributed by atoms with Gasteiger partial charge >= 0.3 is 5.97 Å². The number of carboxylic acid groups (broad SMARTS) is 1. The Kier molecular flexibility index (Phi) is 3.03. The van der Waals surface area contributed by atoms with Crippen molar-refractivity contribution in [2.45, 2.75) is 0 Å². The predicted octanol–water partition coefficient (Wildman–Crippen LogP) is 0.710. The average Bonchev–Trinajstić information content (AvgIpc) is 2.18. The fourth-order valence-electron chi connectivity index (χ4n) is 0.868. The maximum atomic E-state index is 10.5. The van der Waals surface area contributed by atoms with Gasteiger partial charge in [-0.2, -0.15) is 0 Å². The van der Waals surface area contributed by atoms with Crippen molar-refractivity contribution in [3.63, 3.8) is 0 Å². The van der Waals surface area contributed by atoms with Gasteiger partial charge in [-0.15, -0.1) is 0 Å². The number of hydroxylamine groups is 1. The van der Waals surface area contributed by atoms with Crippen LogP contribution in [0.15, 0.2) is 24.3 Å². The molecule has 0 fully saturated rings. The highest BCUT2D eigenvalue weighted by atomic mass is 16.5. The Labute approximate surface area is 79.7 Å². The molecule has 1 aromatic carbocycles. The van der Waals surface area contributed by atoms with Gasteiger partial charge in [-0.05, 0) is 24.3 Å². The quantitative estimate of drug-likeness (QED) is 0.271. The number of rotatable bonds is 2. The van der Waals surface area contributed by atoms with Gasteiger partial charge in [0.1, 0.15) is 0 Å². The van der Waals surface area contributed by atoms with Crippen LogP contribution in [-0.2, 0) is 0 Å². The van der Waals surface area contributed by atoms with Crippen molar-refractivity contribution in [1.82, 2.24) is 5.48 Å². The number of carboxylic acids is 1. The molecule has 0 saturated carbocycles. The van der Waals surface area contributed by atoms with Gasteiger partial charge in [-0.3, -0.25) is 10.6 Å². The molecule has 0 aliphatic heterocycles. The largest absolute Gasteiger partial charge is 0.478 e. The fraction of sp³-hybridized carbons (Fsp3) is 0. The molecular formula is C8H9N3O3. The summed E-state index contributed by atoms with van der Waals surface area (Å²) in [6.45, 7) is 0. The van der Waals surface area contributed by atoms with E-state index in [9.17, 15) is 4.79 Å². The fourth-order valence-corrected chi connectivity index (χ4v) is 0.868. The van der Waals surface area contributed by atoms with Gasteiger partial charge in [0, 0.05) is 5.69 Å². The van der Waals surface area contributed by atoms with E-state index in [-0.39, 0.29) is 11.5 Å². The van der Waals surface area contributed by atoms with Crippen LogP contribution in [0.25, 0.3) is 0 Å². The average molecular weight is 195 g/mol. The third-order valence-corrected chi connectivity index (χ3v) is 1.51. The number of aromatic carboxylic acids is 1. The van der Waals surface area contributed by atoms with E-state index in [2.05, 4.69) is 5.32 Å². The van der Waals surface area contributed by atoms with E-state index in [1.165, 1.54) is 24.3 Å². The molecule has 6 nitrogen and oxygen atoms in total. The second-order valence-corrected chi connectivity index (χ2v) is 2.49. The third kappa shape index (κ3) is 2.46. The summed E-state index contributed by atoms with van der Waals surface area (Å²) in [5.74, 6) is -1.29. The van der Waals surface area contributed by atoms with Crippen molar-refractivity contribution in [3.05, 3.63) is 29.8 Å². The maximum Gasteiger partial charge on any atom is 0.335 e. The van der Waals surface area contributed by atoms with Gasteiger partial charge in [0.05, 0.1) is 5.56 Å². The zero-order valence-electron chi connectivity index (χ0n) is 7.11. The van der Waals surface area contributed by atoms with Crippen LogP contribution in [0.5, 0.6) is 0 Å². The Balaban J connectivity index is 2.73. The van der Waals surface area contributed by atoms with Gasteiger partial charge in [0.15, 0.2) is 0 Å². The van der Waals surface area contributed by atoms with Gasteiger partial charge in [0.25, 0.3) is 0 Å². The second kappa shape index (κ2) is 4.24. The first-order valence-electron chi connectivity index (χ1n) is 3.72. The van der Waals surface area contributed by atoms with Crippen molar-refractivity contribution in [2.24, 2.45) is 0 Å². The molecular weight excluding hydrogens is 186 g/mol. The minimum Gasteiger partial charge on any atom is -0.478 e. The summed E-state index contributed by atoms with van der Waals surface area (Å²) in [7, 11) is 0. The SMILES string of the molecule is N=C(NO)Nc1ccc(C(=O)O)cc1. The predicted molar refractivity (Wildman–Crippen MR) is 49.7 cm³/mol. The van der Waals surface area contributed by atoms with Crippen LogP contribution in [0.4, 0.5) is 5.69 Å². The number of benzene rings is 1. The summed E-state index contributed by atoms with van der Waals surface area (Å²) < 4.78 is 0. The molecule has 1 rings (SSSR count). The highest BCUT2D eigenvalue weighted by molar-refractivity contribution is 5.92. The molecule has 6 heteroatoms. The third-order valence-electron chi connectivity index (χ3n) is 1.51. The molecule has 5 N–H and O–H groups in total. The Morgan fingerprint density at radius 2 is 1.86 bits per heavy atom. The Bertz CT molecular complexity index is 347. The van der Waals surface area contributed by atoms with Crippen molar-refractivity contribution in [3.8, 4) is 0 Å². The first-order valence-corrected chi connectivity index (χ1v) is 3.72. The summed E-state index contributed by atoms with van der Waals surface area (Å²) in [6, 6.07) is 5.79. The highest BCUT2D eigenvalue weighted by Gasteiger charge is 2.01. The van der Waals surface area contributed by atoms with E-state index in [0.717, 1.165) is 0 Å². The molecule has 74 valence electrons. The lowest BCUT2D eigenvalue weighted by molar-refractivity contribution is 0.0697. The minimum atomic E-state index is -1.01. The molecule has 0 atom stereocenters. The first-order chi connectivity index (χ1) is 6.63. The highest BCUT2D eigenvalue weighted by Crippen LogP contribution is 2.08. The molecule has 0 heterocycles. The lowest BCUT2D eigenvalue weighted by Crippen LogP contribution is -2.26. The van der Waals surface area contributed by atoms with Gasteiger partial charge in [-0.1, -0.05) is 0 Å². The number of hydrogen-bond donors (Lipinski definition) is 5. The molecule has 0 aromatic heterocycles. The van der Waals surface area contributed by atoms with Crippen molar-refractivity contribution < 1.29 is 15.1 Å². The van der Waals surface area contributed by atoms with Crippen LogP contribution in [0, 0.1) is 5.41 Å². The molecule has 14 heavy (non-hydrogen) atoms. The van der Waals surface area contributed by atoms with E-state index >= 15 is 0 Å². The molecule has 0 aliphatic rings. The van der Waals surface area contributed by atoms with E-state index in [1.54, 1.807) is 5.48 Å². The molecule has 0 aliphatic carbocycles. The Hall–Kier alpha value is -2.08. The smallest absolute Gasteiger partial charge is 0.335 e. The van der Waals surface area contributed by atoms with Crippen LogP contribution < -0.4 is 10.8 Å². The van der Waals surface area contributed by atoms with Crippen LogP contribution in [0.3, 0.4) is 0 Å². The maximum absolute atomic E-state index is 10.5. The van der Waals surface area contributed by atoms with Gasteiger partial charge in [0.2, 0.25) is 5.96 Å². The van der Waals surface area contributed by atoms with Crippen molar-refractivity contribution in [1.29, 1.82) is 5.41 Å². The molecule has 1 aromatic rings. The summed E-state index contributed by atoms with van der Waals surface area (Å²) in [4.78, 5) is 10.5. The zero-order valence-corrected chi connectivity index (χ0v) is 7.11. The summed E-state index contributed by atoms with van der Waals surface area (Å²) in [5.41, 5.74) is 2.29. The Morgan fingerprint density at radius 1 is 1.29 bits per heavy atom. The van der Waals surface area contributed by atoms with Crippen molar-refractivity contribution >= 4 is 17.6 Å². The second-order valence-electron chi connectivity index (χ2n) is 2.49. The Morgan fingerprint density at radius 3 is 2.29 bits per heavy atom. The molecule has 0 saturated heterocycles. The van der Waals surface area contributed by atoms with Gasteiger partial charge < -0.3 is 10.4 Å². The monoisotopic (exact) mass is 195 g/mol. The van der Waals surface area contributed by atoms with E-state index in [1.807, 2.05) is 0 Å². The van der Waals surface area contributed by atoms with E-state index in [0.29, 0.717) is 5.69 Å².